The highest BCUT2D eigenvalue weighted by atomic mass is 32.1. The molecule has 164 valence electrons. The van der Waals surface area contributed by atoms with Gasteiger partial charge in [-0.1, -0.05) is 60.7 Å². The third-order valence-electron chi connectivity index (χ3n) is 6.38. The maximum atomic E-state index is 10.5. The first-order chi connectivity index (χ1) is 16.7. The maximum Gasteiger partial charge on any atom is 0.143 e. The van der Waals surface area contributed by atoms with E-state index < -0.39 is 0 Å². The Labute approximate surface area is 200 Å². The van der Waals surface area contributed by atoms with Gasteiger partial charge >= 0.3 is 0 Å². The molecule has 2 heterocycles. The summed E-state index contributed by atoms with van der Waals surface area (Å²) in [5, 5.41) is 32.2. The molecular formula is C28H20N4OS. The summed E-state index contributed by atoms with van der Waals surface area (Å²) in [6.45, 7) is 0. The fourth-order valence-electron chi connectivity index (χ4n) is 4.81. The van der Waals surface area contributed by atoms with Crippen LogP contribution in [0.3, 0.4) is 0 Å². The first-order valence-corrected chi connectivity index (χ1v) is 12.1. The van der Waals surface area contributed by atoms with Crippen molar-refractivity contribution in [2.24, 2.45) is 10.2 Å². The second kappa shape index (κ2) is 8.36. The molecular weight excluding hydrogens is 440 g/mol. The highest BCUT2D eigenvalue weighted by Gasteiger charge is 2.25. The van der Waals surface area contributed by atoms with E-state index in [0.717, 1.165) is 63.5 Å². The SMILES string of the molecule is N#Cc1sc2nc3c(c(-c4ccccc4)c2c1N=Nc1c(O)ccc2ccccc12)CCCC3. The van der Waals surface area contributed by atoms with Crippen molar-refractivity contribution in [1.82, 2.24) is 4.98 Å². The number of phenols is 1. The smallest absolute Gasteiger partial charge is 0.143 e. The number of benzene rings is 3. The molecule has 0 radical (unpaired) electrons. The normalized spacial score (nSPS) is 13.4. The molecule has 5 nitrogen and oxygen atoms in total. The van der Waals surface area contributed by atoms with Gasteiger partial charge in [0.25, 0.3) is 0 Å². The van der Waals surface area contributed by atoms with E-state index in [1.54, 1.807) is 6.07 Å². The summed E-state index contributed by atoms with van der Waals surface area (Å²) >= 11 is 1.36. The molecule has 0 saturated heterocycles. The van der Waals surface area contributed by atoms with E-state index in [0.29, 0.717) is 16.3 Å². The molecule has 0 unspecified atom stereocenters. The molecule has 0 amide bonds. The van der Waals surface area contributed by atoms with Gasteiger partial charge in [-0.15, -0.1) is 21.6 Å². The number of aromatic nitrogens is 1. The van der Waals surface area contributed by atoms with Gasteiger partial charge in [-0.3, -0.25) is 0 Å². The monoisotopic (exact) mass is 460 g/mol. The van der Waals surface area contributed by atoms with E-state index >= 15 is 0 Å². The molecule has 0 atom stereocenters. The Morgan fingerprint density at radius 3 is 2.50 bits per heavy atom. The molecule has 0 aliphatic heterocycles. The highest BCUT2D eigenvalue weighted by Crippen LogP contribution is 2.47. The number of azo groups is 1. The van der Waals surface area contributed by atoms with E-state index in [-0.39, 0.29) is 5.75 Å². The van der Waals surface area contributed by atoms with Crippen LogP contribution in [0.5, 0.6) is 5.75 Å². The van der Waals surface area contributed by atoms with Gasteiger partial charge in [0, 0.05) is 16.5 Å². The minimum atomic E-state index is 0.0549. The summed E-state index contributed by atoms with van der Waals surface area (Å²) in [7, 11) is 0. The lowest BCUT2D eigenvalue weighted by molar-refractivity contribution is 0.477. The van der Waals surface area contributed by atoms with Crippen LogP contribution in [0.25, 0.3) is 32.1 Å². The summed E-state index contributed by atoms with van der Waals surface area (Å²) in [5.74, 6) is 0.0549. The molecule has 3 aromatic carbocycles. The van der Waals surface area contributed by atoms with Crippen LogP contribution < -0.4 is 0 Å². The number of hydrogen-bond acceptors (Lipinski definition) is 6. The van der Waals surface area contributed by atoms with Crippen molar-refractivity contribution in [2.75, 3.05) is 0 Å². The fourth-order valence-corrected chi connectivity index (χ4v) is 5.75. The first-order valence-electron chi connectivity index (χ1n) is 11.3. The molecule has 1 aliphatic carbocycles. The van der Waals surface area contributed by atoms with Crippen LogP contribution in [0.1, 0.15) is 29.0 Å². The molecule has 0 saturated carbocycles. The van der Waals surface area contributed by atoms with Crippen molar-refractivity contribution in [1.29, 1.82) is 5.26 Å². The lowest BCUT2D eigenvalue weighted by atomic mass is 9.87. The Hall–Kier alpha value is -4.08. The molecule has 2 aromatic heterocycles. The van der Waals surface area contributed by atoms with Gasteiger partial charge in [0.15, 0.2) is 0 Å². The van der Waals surface area contributed by atoms with Crippen LogP contribution in [-0.4, -0.2) is 10.1 Å². The van der Waals surface area contributed by atoms with Crippen molar-refractivity contribution in [3.8, 4) is 22.9 Å². The summed E-state index contributed by atoms with van der Waals surface area (Å²) in [4.78, 5) is 6.26. The Morgan fingerprint density at radius 2 is 1.65 bits per heavy atom. The average molecular weight is 461 g/mol. The summed E-state index contributed by atoms with van der Waals surface area (Å²) in [5.41, 5.74) is 5.49. The van der Waals surface area contributed by atoms with Crippen LogP contribution in [0.4, 0.5) is 11.4 Å². The Bertz CT molecular complexity index is 1630. The van der Waals surface area contributed by atoms with Crippen LogP contribution in [-0.2, 0) is 12.8 Å². The first kappa shape index (κ1) is 20.5. The number of aryl methyl sites for hydroxylation is 1. The molecule has 0 spiro atoms. The van der Waals surface area contributed by atoms with Crippen LogP contribution in [0.15, 0.2) is 77.0 Å². The third-order valence-corrected chi connectivity index (χ3v) is 7.36. The van der Waals surface area contributed by atoms with Gasteiger partial charge in [-0.2, -0.15) is 5.26 Å². The second-order valence-electron chi connectivity index (χ2n) is 8.41. The predicted octanol–water partition coefficient (Wildman–Crippen LogP) is 7.99. The Morgan fingerprint density at radius 1 is 0.882 bits per heavy atom. The van der Waals surface area contributed by atoms with E-state index in [9.17, 15) is 10.4 Å². The lowest BCUT2D eigenvalue weighted by Crippen LogP contribution is -2.07. The van der Waals surface area contributed by atoms with E-state index in [4.69, 9.17) is 4.98 Å². The number of hydrogen-bond donors (Lipinski definition) is 1. The van der Waals surface area contributed by atoms with Gasteiger partial charge in [0.2, 0.25) is 0 Å². The summed E-state index contributed by atoms with van der Waals surface area (Å²) < 4.78 is 0. The number of phenolic OH excluding ortho intramolecular Hbond substituents is 1. The van der Waals surface area contributed by atoms with Crippen molar-refractivity contribution in [3.63, 3.8) is 0 Å². The molecule has 6 rings (SSSR count). The molecule has 1 N–H and O–H groups in total. The molecule has 5 aromatic rings. The number of fused-ring (bicyclic) bond motifs is 3. The number of rotatable bonds is 3. The Kier molecular flexibility index (Phi) is 5.05. The highest BCUT2D eigenvalue weighted by molar-refractivity contribution is 7.20. The van der Waals surface area contributed by atoms with Crippen molar-refractivity contribution >= 4 is 43.7 Å². The zero-order chi connectivity index (χ0) is 23.1. The molecule has 0 bridgehead atoms. The van der Waals surface area contributed by atoms with Crippen molar-refractivity contribution in [3.05, 3.63) is 82.9 Å². The largest absolute Gasteiger partial charge is 0.506 e. The molecule has 34 heavy (non-hydrogen) atoms. The summed E-state index contributed by atoms with van der Waals surface area (Å²) in [6.07, 6.45) is 4.16. The zero-order valence-electron chi connectivity index (χ0n) is 18.3. The molecule has 1 aliphatic rings. The standard InChI is InChI=1S/C28H20N4OS/c29-16-23-27(32-31-26-19-11-5-4-8-17(19)14-15-22(26)33)25-24(18-9-2-1-3-10-18)20-12-6-7-13-21(20)30-28(25)34-23/h1-5,8-11,14-15,33H,6-7,12-13H2. The average Bonchev–Trinajstić information content (AvgIpc) is 3.24. The van der Waals surface area contributed by atoms with Crippen molar-refractivity contribution < 1.29 is 5.11 Å². The lowest BCUT2D eigenvalue weighted by Gasteiger charge is -2.20. The van der Waals surface area contributed by atoms with Gasteiger partial charge in [-0.05, 0) is 53.8 Å². The Balaban J connectivity index is 1.64. The number of nitrogens with zero attached hydrogens (tertiary/aromatic N) is 4. The predicted molar refractivity (Wildman–Crippen MR) is 136 cm³/mol. The van der Waals surface area contributed by atoms with Gasteiger partial charge in [0.05, 0.1) is 0 Å². The number of nitriles is 1. The second-order valence-corrected chi connectivity index (χ2v) is 9.41. The van der Waals surface area contributed by atoms with Gasteiger partial charge in [-0.25, -0.2) is 4.98 Å². The topological polar surface area (TPSA) is 81.6 Å². The van der Waals surface area contributed by atoms with Crippen LogP contribution in [0, 0.1) is 11.3 Å². The fraction of sp³-hybridized carbons (Fsp3) is 0.143. The third kappa shape index (κ3) is 3.33. The molecule has 6 heteroatoms. The van der Waals surface area contributed by atoms with E-state index in [2.05, 4.69) is 28.4 Å². The van der Waals surface area contributed by atoms with E-state index in [1.165, 1.54) is 16.9 Å². The van der Waals surface area contributed by atoms with Gasteiger partial charge < -0.3 is 5.11 Å². The summed E-state index contributed by atoms with van der Waals surface area (Å²) in [6, 6.07) is 23.8. The van der Waals surface area contributed by atoms with E-state index in [1.807, 2.05) is 48.5 Å². The number of thiophene rings is 1. The van der Waals surface area contributed by atoms with Gasteiger partial charge in [0.1, 0.15) is 32.9 Å². The minimum Gasteiger partial charge on any atom is -0.506 e. The van der Waals surface area contributed by atoms with Crippen LogP contribution in [0.2, 0.25) is 0 Å². The maximum absolute atomic E-state index is 10.5. The van der Waals surface area contributed by atoms with Crippen LogP contribution >= 0.6 is 11.3 Å². The quantitative estimate of drug-likeness (QED) is 0.277. The minimum absolute atomic E-state index is 0.0549. The number of pyridine rings is 1. The zero-order valence-corrected chi connectivity index (χ0v) is 19.1. The number of aromatic hydroxyl groups is 1. The van der Waals surface area contributed by atoms with Crippen molar-refractivity contribution in [2.45, 2.75) is 25.7 Å². The molecule has 0 fully saturated rings.